The van der Waals surface area contributed by atoms with Gasteiger partial charge in [-0.05, 0) is 18.2 Å². The molecular formula is C9H12BrNO2. The maximum atomic E-state index is 8.90. The predicted octanol–water partition coefficient (Wildman–Crippen LogP) is 1.45. The van der Waals surface area contributed by atoms with Gasteiger partial charge in [-0.15, -0.1) is 0 Å². The SMILES string of the molecule is COc1ccc(Br)cc1[C@H](N)CO. The molecule has 0 aromatic heterocycles. The zero-order chi connectivity index (χ0) is 9.84. The van der Waals surface area contributed by atoms with Gasteiger partial charge in [0.25, 0.3) is 0 Å². The summed E-state index contributed by atoms with van der Waals surface area (Å²) in [4.78, 5) is 0. The molecule has 0 spiro atoms. The van der Waals surface area contributed by atoms with E-state index in [1.807, 2.05) is 18.2 Å². The summed E-state index contributed by atoms with van der Waals surface area (Å²) in [7, 11) is 1.58. The van der Waals surface area contributed by atoms with Crippen LogP contribution in [0.4, 0.5) is 0 Å². The molecule has 3 N–H and O–H groups in total. The fourth-order valence-corrected chi connectivity index (χ4v) is 1.47. The number of aliphatic hydroxyl groups excluding tert-OH is 1. The Hall–Kier alpha value is -0.580. The summed E-state index contributed by atoms with van der Waals surface area (Å²) in [5, 5.41) is 8.90. The second-order valence-corrected chi connectivity index (χ2v) is 3.59. The Balaban J connectivity index is 3.07. The molecule has 0 aliphatic heterocycles. The van der Waals surface area contributed by atoms with Crippen molar-refractivity contribution in [3.8, 4) is 5.75 Å². The number of benzene rings is 1. The number of nitrogens with two attached hydrogens (primary N) is 1. The largest absolute Gasteiger partial charge is 0.496 e. The minimum atomic E-state index is -0.396. The Morgan fingerprint density at radius 1 is 1.62 bits per heavy atom. The number of aliphatic hydroxyl groups is 1. The summed E-state index contributed by atoms with van der Waals surface area (Å²) in [5.41, 5.74) is 6.49. The highest BCUT2D eigenvalue weighted by Crippen LogP contribution is 2.26. The number of halogens is 1. The quantitative estimate of drug-likeness (QED) is 0.848. The number of hydrogen-bond acceptors (Lipinski definition) is 3. The Labute approximate surface area is 85.6 Å². The third-order valence-electron chi connectivity index (χ3n) is 1.79. The molecule has 1 rings (SSSR count). The summed E-state index contributed by atoms with van der Waals surface area (Å²) >= 11 is 3.33. The Morgan fingerprint density at radius 3 is 2.85 bits per heavy atom. The Kier molecular flexibility index (Phi) is 3.71. The van der Waals surface area contributed by atoms with E-state index < -0.39 is 6.04 Å². The van der Waals surface area contributed by atoms with Gasteiger partial charge < -0.3 is 15.6 Å². The molecule has 72 valence electrons. The van der Waals surface area contributed by atoms with Crippen LogP contribution in [0.1, 0.15) is 11.6 Å². The highest BCUT2D eigenvalue weighted by Gasteiger charge is 2.10. The van der Waals surface area contributed by atoms with Crippen LogP contribution in [0.2, 0.25) is 0 Å². The molecule has 0 radical (unpaired) electrons. The molecule has 0 fully saturated rings. The monoisotopic (exact) mass is 245 g/mol. The summed E-state index contributed by atoms with van der Waals surface area (Å²) in [6, 6.07) is 5.13. The molecule has 0 saturated carbocycles. The lowest BCUT2D eigenvalue weighted by Crippen LogP contribution is -2.15. The number of methoxy groups -OCH3 is 1. The predicted molar refractivity (Wildman–Crippen MR) is 54.7 cm³/mol. The van der Waals surface area contributed by atoms with E-state index in [0.717, 1.165) is 10.0 Å². The summed E-state index contributed by atoms with van der Waals surface area (Å²) in [6.07, 6.45) is 0. The molecule has 4 heteroatoms. The lowest BCUT2D eigenvalue weighted by atomic mass is 10.1. The molecule has 0 saturated heterocycles. The molecule has 13 heavy (non-hydrogen) atoms. The van der Waals surface area contributed by atoms with Crippen molar-refractivity contribution in [2.45, 2.75) is 6.04 Å². The van der Waals surface area contributed by atoms with Crippen molar-refractivity contribution < 1.29 is 9.84 Å². The van der Waals surface area contributed by atoms with E-state index in [-0.39, 0.29) is 6.61 Å². The normalized spacial score (nSPS) is 12.6. The van der Waals surface area contributed by atoms with Crippen LogP contribution in [-0.4, -0.2) is 18.8 Å². The van der Waals surface area contributed by atoms with Gasteiger partial charge in [-0.25, -0.2) is 0 Å². The first kappa shape index (κ1) is 10.5. The van der Waals surface area contributed by atoms with Gasteiger partial charge in [0.15, 0.2) is 0 Å². The van der Waals surface area contributed by atoms with E-state index in [4.69, 9.17) is 15.6 Å². The van der Waals surface area contributed by atoms with Crippen molar-refractivity contribution in [1.29, 1.82) is 0 Å². The van der Waals surface area contributed by atoms with Crippen molar-refractivity contribution in [3.63, 3.8) is 0 Å². The van der Waals surface area contributed by atoms with Crippen LogP contribution < -0.4 is 10.5 Å². The van der Waals surface area contributed by atoms with E-state index in [9.17, 15) is 0 Å². The molecule has 0 aliphatic carbocycles. The van der Waals surface area contributed by atoms with Crippen LogP contribution in [0.3, 0.4) is 0 Å². The van der Waals surface area contributed by atoms with E-state index in [1.165, 1.54) is 0 Å². The van der Waals surface area contributed by atoms with Gasteiger partial charge in [0.05, 0.1) is 19.8 Å². The highest BCUT2D eigenvalue weighted by atomic mass is 79.9. The standard InChI is InChI=1S/C9H12BrNO2/c1-13-9-3-2-6(10)4-7(9)8(11)5-12/h2-4,8,12H,5,11H2,1H3/t8-/m1/s1. The zero-order valence-corrected chi connectivity index (χ0v) is 8.91. The Bertz CT molecular complexity index is 291. The molecule has 3 nitrogen and oxygen atoms in total. The molecule has 0 aliphatic rings. The first-order valence-electron chi connectivity index (χ1n) is 3.89. The van der Waals surface area contributed by atoms with Crippen LogP contribution in [0.25, 0.3) is 0 Å². The maximum absolute atomic E-state index is 8.90. The second kappa shape index (κ2) is 4.60. The van der Waals surface area contributed by atoms with Gasteiger partial charge in [-0.2, -0.15) is 0 Å². The fourth-order valence-electron chi connectivity index (χ4n) is 1.09. The van der Waals surface area contributed by atoms with Crippen LogP contribution in [0.5, 0.6) is 5.75 Å². The molecule has 1 aromatic rings. The lowest BCUT2D eigenvalue weighted by Gasteiger charge is -2.13. The van der Waals surface area contributed by atoms with Gasteiger partial charge in [0, 0.05) is 10.0 Å². The van der Waals surface area contributed by atoms with Crippen LogP contribution in [-0.2, 0) is 0 Å². The molecule has 0 unspecified atom stereocenters. The van der Waals surface area contributed by atoms with E-state index in [1.54, 1.807) is 7.11 Å². The molecular weight excluding hydrogens is 234 g/mol. The molecule has 1 aromatic carbocycles. The van der Waals surface area contributed by atoms with Gasteiger partial charge in [-0.3, -0.25) is 0 Å². The van der Waals surface area contributed by atoms with Crippen molar-refractivity contribution in [1.82, 2.24) is 0 Å². The minimum absolute atomic E-state index is 0.0905. The number of ether oxygens (including phenoxy) is 1. The average molecular weight is 246 g/mol. The molecule has 0 heterocycles. The van der Waals surface area contributed by atoms with E-state index in [2.05, 4.69) is 15.9 Å². The van der Waals surface area contributed by atoms with Gasteiger partial charge in [0.1, 0.15) is 5.75 Å². The summed E-state index contributed by atoms with van der Waals surface area (Å²) in [5.74, 6) is 0.699. The first-order chi connectivity index (χ1) is 6.19. The zero-order valence-electron chi connectivity index (χ0n) is 7.33. The molecule has 0 amide bonds. The summed E-state index contributed by atoms with van der Waals surface area (Å²) < 4.78 is 6.03. The van der Waals surface area contributed by atoms with Crippen molar-refractivity contribution >= 4 is 15.9 Å². The van der Waals surface area contributed by atoms with Crippen LogP contribution in [0.15, 0.2) is 22.7 Å². The molecule has 1 atom stereocenters. The third kappa shape index (κ3) is 2.43. The van der Waals surface area contributed by atoms with Gasteiger partial charge in [0.2, 0.25) is 0 Å². The number of rotatable bonds is 3. The average Bonchev–Trinajstić information content (AvgIpc) is 2.16. The third-order valence-corrected chi connectivity index (χ3v) is 2.28. The second-order valence-electron chi connectivity index (χ2n) is 2.68. The van der Waals surface area contributed by atoms with E-state index >= 15 is 0 Å². The topological polar surface area (TPSA) is 55.5 Å². The van der Waals surface area contributed by atoms with Crippen molar-refractivity contribution in [2.75, 3.05) is 13.7 Å². The van der Waals surface area contributed by atoms with Crippen molar-refractivity contribution in [3.05, 3.63) is 28.2 Å². The fraction of sp³-hybridized carbons (Fsp3) is 0.333. The molecule has 0 bridgehead atoms. The minimum Gasteiger partial charge on any atom is -0.496 e. The smallest absolute Gasteiger partial charge is 0.123 e. The lowest BCUT2D eigenvalue weighted by molar-refractivity contribution is 0.264. The van der Waals surface area contributed by atoms with Crippen LogP contribution in [0, 0.1) is 0 Å². The van der Waals surface area contributed by atoms with E-state index in [0.29, 0.717) is 5.75 Å². The number of hydrogen-bond donors (Lipinski definition) is 2. The summed E-state index contributed by atoms with van der Waals surface area (Å²) in [6.45, 7) is -0.0905. The Morgan fingerprint density at radius 2 is 2.31 bits per heavy atom. The maximum Gasteiger partial charge on any atom is 0.123 e. The van der Waals surface area contributed by atoms with Gasteiger partial charge in [-0.1, -0.05) is 15.9 Å². The van der Waals surface area contributed by atoms with Crippen molar-refractivity contribution in [2.24, 2.45) is 5.73 Å². The van der Waals surface area contributed by atoms with Crippen LogP contribution >= 0.6 is 15.9 Å². The first-order valence-corrected chi connectivity index (χ1v) is 4.68. The highest BCUT2D eigenvalue weighted by molar-refractivity contribution is 9.10. The van der Waals surface area contributed by atoms with Gasteiger partial charge >= 0.3 is 0 Å².